The zero-order valence-corrected chi connectivity index (χ0v) is 12.1. The lowest BCUT2D eigenvalue weighted by Gasteiger charge is -2.22. The summed E-state index contributed by atoms with van der Waals surface area (Å²) in [5, 5.41) is 18.9. The molecule has 0 unspecified atom stereocenters. The normalized spacial score (nSPS) is 10.8. The highest BCUT2D eigenvalue weighted by molar-refractivity contribution is 6.59. The third-order valence-electron chi connectivity index (χ3n) is 3.30. The van der Waals surface area contributed by atoms with Gasteiger partial charge in [-0.25, -0.2) is 0 Å². The van der Waals surface area contributed by atoms with Crippen LogP contribution in [0.4, 0.5) is 0 Å². The molecular weight excluding hydrogens is 241 g/mol. The lowest BCUT2D eigenvalue weighted by molar-refractivity contribution is 0.275. The Morgan fingerprint density at radius 2 is 2.00 bits per heavy atom. The maximum atomic E-state index is 9.43. The molecular formula is C14H24BNO3. The summed E-state index contributed by atoms with van der Waals surface area (Å²) in [6, 6.07) is 5.34. The maximum Gasteiger partial charge on any atom is 0.488 e. The fourth-order valence-corrected chi connectivity index (χ4v) is 2.07. The van der Waals surface area contributed by atoms with Crippen LogP contribution in [-0.4, -0.2) is 42.3 Å². The lowest BCUT2D eigenvalue weighted by Crippen LogP contribution is -2.36. The van der Waals surface area contributed by atoms with E-state index in [2.05, 4.69) is 18.7 Å². The SMILES string of the molecule is CCCCN(CC)Cc1cc(OC)ccc1B(O)O. The summed E-state index contributed by atoms with van der Waals surface area (Å²) < 4.78 is 5.20. The van der Waals surface area contributed by atoms with Gasteiger partial charge in [0.05, 0.1) is 7.11 Å². The fourth-order valence-electron chi connectivity index (χ4n) is 2.07. The van der Waals surface area contributed by atoms with Gasteiger partial charge in [-0.3, -0.25) is 4.90 Å². The van der Waals surface area contributed by atoms with Crippen LogP contribution < -0.4 is 10.2 Å². The minimum absolute atomic E-state index is 0.552. The molecule has 0 saturated carbocycles. The van der Waals surface area contributed by atoms with Gasteiger partial charge in [0.25, 0.3) is 0 Å². The number of hydrogen-bond acceptors (Lipinski definition) is 4. The van der Waals surface area contributed by atoms with Crippen LogP contribution in [0.5, 0.6) is 5.75 Å². The molecule has 19 heavy (non-hydrogen) atoms. The zero-order valence-electron chi connectivity index (χ0n) is 12.1. The van der Waals surface area contributed by atoms with Gasteiger partial charge in [0.1, 0.15) is 5.75 Å². The van der Waals surface area contributed by atoms with E-state index in [0.717, 1.165) is 37.2 Å². The first kappa shape index (κ1) is 16.0. The Morgan fingerprint density at radius 3 is 2.53 bits per heavy atom. The van der Waals surface area contributed by atoms with E-state index in [1.165, 1.54) is 0 Å². The first-order valence-electron chi connectivity index (χ1n) is 6.87. The average molecular weight is 265 g/mol. The van der Waals surface area contributed by atoms with Gasteiger partial charge in [0.2, 0.25) is 0 Å². The summed E-state index contributed by atoms with van der Waals surface area (Å²) in [5.74, 6) is 0.742. The van der Waals surface area contributed by atoms with Crippen LogP contribution in [0.2, 0.25) is 0 Å². The van der Waals surface area contributed by atoms with E-state index in [4.69, 9.17) is 4.74 Å². The Hall–Kier alpha value is -1.04. The monoisotopic (exact) mass is 265 g/mol. The number of nitrogens with zero attached hydrogens (tertiary/aromatic N) is 1. The van der Waals surface area contributed by atoms with E-state index in [1.807, 2.05) is 6.07 Å². The fraction of sp³-hybridized carbons (Fsp3) is 0.571. The average Bonchev–Trinajstić information content (AvgIpc) is 2.42. The molecule has 106 valence electrons. The van der Waals surface area contributed by atoms with E-state index in [1.54, 1.807) is 19.2 Å². The van der Waals surface area contributed by atoms with E-state index >= 15 is 0 Å². The van der Waals surface area contributed by atoms with E-state index in [9.17, 15) is 10.0 Å². The Kier molecular flexibility index (Phi) is 6.91. The number of hydrogen-bond donors (Lipinski definition) is 2. The molecule has 0 aliphatic heterocycles. The summed E-state index contributed by atoms with van der Waals surface area (Å²) >= 11 is 0. The second kappa shape index (κ2) is 8.20. The second-order valence-electron chi connectivity index (χ2n) is 4.66. The standard InChI is InChI=1S/C14H24BNO3/c1-4-6-9-16(5-2)11-12-10-13(19-3)7-8-14(12)15(17)18/h7-8,10,17-18H,4-6,9,11H2,1-3H3. The van der Waals surface area contributed by atoms with Crippen molar-refractivity contribution in [2.45, 2.75) is 33.2 Å². The third kappa shape index (κ3) is 4.86. The van der Waals surface area contributed by atoms with Gasteiger partial charge in [-0.2, -0.15) is 0 Å². The molecule has 0 saturated heterocycles. The number of benzene rings is 1. The predicted molar refractivity (Wildman–Crippen MR) is 78.7 cm³/mol. The Morgan fingerprint density at radius 1 is 1.26 bits per heavy atom. The minimum atomic E-state index is -1.44. The van der Waals surface area contributed by atoms with Gasteiger partial charge < -0.3 is 14.8 Å². The molecule has 0 aliphatic rings. The third-order valence-corrected chi connectivity index (χ3v) is 3.30. The smallest absolute Gasteiger partial charge is 0.488 e. The van der Waals surface area contributed by atoms with Crippen LogP contribution in [0.25, 0.3) is 0 Å². The Bertz CT molecular complexity index is 385. The van der Waals surface area contributed by atoms with Crippen molar-refractivity contribution in [1.29, 1.82) is 0 Å². The van der Waals surface area contributed by atoms with Crippen molar-refractivity contribution in [3.8, 4) is 5.75 Å². The highest BCUT2D eigenvalue weighted by Gasteiger charge is 2.18. The molecule has 2 N–H and O–H groups in total. The molecule has 1 rings (SSSR count). The molecule has 0 atom stereocenters. The van der Waals surface area contributed by atoms with Crippen LogP contribution in [0.3, 0.4) is 0 Å². The Balaban J connectivity index is 2.88. The van der Waals surface area contributed by atoms with Crippen LogP contribution in [0.15, 0.2) is 18.2 Å². The van der Waals surface area contributed by atoms with Crippen molar-refractivity contribution in [2.75, 3.05) is 20.2 Å². The number of ether oxygens (including phenoxy) is 1. The lowest BCUT2D eigenvalue weighted by atomic mass is 9.77. The zero-order chi connectivity index (χ0) is 14.3. The molecule has 0 bridgehead atoms. The molecule has 4 nitrogen and oxygen atoms in total. The van der Waals surface area contributed by atoms with Crippen LogP contribution in [0.1, 0.15) is 32.3 Å². The predicted octanol–water partition coefficient (Wildman–Crippen LogP) is 0.997. The minimum Gasteiger partial charge on any atom is -0.497 e. The molecule has 1 aromatic carbocycles. The van der Waals surface area contributed by atoms with Crippen molar-refractivity contribution in [2.24, 2.45) is 0 Å². The molecule has 0 amide bonds. The van der Waals surface area contributed by atoms with Crippen molar-refractivity contribution in [1.82, 2.24) is 4.90 Å². The summed E-state index contributed by atoms with van der Waals surface area (Å²) in [6.07, 6.45) is 2.30. The topological polar surface area (TPSA) is 52.9 Å². The number of rotatable bonds is 8. The quantitative estimate of drug-likeness (QED) is 0.688. The molecule has 5 heteroatoms. The number of methoxy groups -OCH3 is 1. The molecule has 0 radical (unpaired) electrons. The molecule has 0 heterocycles. The molecule has 0 aliphatic carbocycles. The summed E-state index contributed by atoms with van der Waals surface area (Å²) in [6.45, 7) is 6.96. The molecule has 0 spiro atoms. The second-order valence-corrected chi connectivity index (χ2v) is 4.66. The van der Waals surface area contributed by atoms with Crippen molar-refractivity contribution in [3.05, 3.63) is 23.8 Å². The highest BCUT2D eigenvalue weighted by Crippen LogP contribution is 2.13. The van der Waals surface area contributed by atoms with Gasteiger partial charge >= 0.3 is 7.12 Å². The van der Waals surface area contributed by atoms with Gasteiger partial charge in [-0.15, -0.1) is 0 Å². The van der Waals surface area contributed by atoms with Crippen LogP contribution in [0, 0.1) is 0 Å². The number of unbranched alkanes of at least 4 members (excludes halogenated alkanes) is 1. The summed E-state index contributed by atoms with van der Waals surface area (Å²) in [7, 11) is 0.175. The van der Waals surface area contributed by atoms with Crippen molar-refractivity contribution in [3.63, 3.8) is 0 Å². The summed E-state index contributed by atoms with van der Waals surface area (Å²) in [4.78, 5) is 2.30. The molecule has 0 fully saturated rings. The van der Waals surface area contributed by atoms with Crippen molar-refractivity contribution >= 4 is 12.6 Å². The molecule has 1 aromatic rings. The largest absolute Gasteiger partial charge is 0.497 e. The van der Waals surface area contributed by atoms with E-state index in [-0.39, 0.29) is 0 Å². The van der Waals surface area contributed by atoms with Crippen LogP contribution >= 0.6 is 0 Å². The van der Waals surface area contributed by atoms with Crippen molar-refractivity contribution < 1.29 is 14.8 Å². The van der Waals surface area contributed by atoms with Crippen LogP contribution in [-0.2, 0) is 6.54 Å². The van der Waals surface area contributed by atoms with Gasteiger partial charge in [0, 0.05) is 6.54 Å². The van der Waals surface area contributed by atoms with Gasteiger partial charge in [0.15, 0.2) is 0 Å². The van der Waals surface area contributed by atoms with Gasteiger partial charge in [-0.1, -0.05) is 26.3 Å². The Labute approximate surface area is 116 Å². The summed E-state index contributed by atoms with van der Waals surface area (Å²) in [5.41, 5.74) is 1.46. The highest BCUT2D eigenvalue weighted by atomic mass is 16.5. The van der Waals surface area contributed by atoms with E-state index < -0.39 is 7.12 Å². The van der Waals surface area contributed by atoms with E-state index in [0.29, 0.717) is 12.0 Å². The molecule has 0 aromatic heterocycles. The van der Waals surface area contributed by atoms with Gasteiger partial charge in [-0.05, 0) is 42.7 Å². The first-order chi connectivity index (χ1) is 9.12. The maximum absolute atomic E-state index is 9.43. The first-order valence-corrected chi connectivity index (χ1v) is 6.87.